The highest BCUT2D eigenvalue weighted by Gasteiger charge is 2.08. The number of nitrogens with zero attached hydrogens (tertiary/aromatic N) is 1. The summed E-state index contributed by atoms with van der Waals surface area (Å²) in [7, 11) is 3.07. The minimum atomic E-state index is -0.566. The van der Waals surface area contributed by atoms with E-state index in [2.05, 4.69) is 11.0 Å². The van der Waals surface area contributed by atoms with E-state index in [0.717, 1.165) is 11.1 Å². The molecule has 0 aliphatic heterocycles. The van der Waals surface area contributed by atoms with Gasteiger partial charge in [0.25, 0.3) is 0 Å². The molecule has 0 aliphatic carbocycles. The van der Waals surface area contributed by atoms with Gasteiger partial charge in [-0.25, -0.2) is 8.37 Å². The number of hydrogen-bond donors (Lipinski definition) is 2. The molecule has 0 aromatic heterocycles. The molecule has 0 saturated carbocycles. The second-order valence-electron chi connectivity index (χ2n) is 7.21. The Labute approximate surface area is 236 Å². The molecule has 0 saturated heterocycles. The minimum Gasteiger partial charge on any atom is -0.493 e. The molecular weight excluding hydrogens is 636 g/mol. The van der Waals surface area contributed by atoms with Gasteiger partial charge in [-0.15, -0.1) is 2.66 Å². The van der Waals surface area contributed by atoms with E-state index in [1.807, 2.05) is 0 Å². The number of carbonyl (C=O) groups excluding carboxylic acids is 2. The first kappa shape index (κ1) is 30.7. The summed E-state index contributed by atoms with van der Waals surface area (Å²) < 4.78 is 28.6. The highest BCUT2D eigenvalue weighted by atomic mass is 127. The largest absolute Gasteiger partial charge is 0.493 e. The molecule has 0 bridgehead atoms. The fourth-order valence-corrected chi connectivity index (χ4v) is 3.92. The first-order valence-electron chi connectivity index (χ1n) is 11.0. The third-order valence-electron chi connectivity index (χ3n) is 4.65. The van der Waals surface area contributed by atoms with Crippen LogP contribution < -0.4 is 27.3 Å². The van der Waals surface area contributed by atoms with Crippen LogP contribution in [0.5, 0.6) is 23.0 Å². The lowest BCUT2D eigenvalue weighted by molar-refractivity contribution is -0.121. The lowest BCUT2D eigenvalue weighted by atomic mass is 10.1. The maximum Gasteiger partial charge on any atom is 0.163 e. The van der Waals surface area contributed by atoms with Crippen LogP contribution in [0.1, 0.15) is 17.5 Å². The number of benzene rings is 2. The molecule has 0 atom stereocenters. The molecule has 0 unspecified atom stereocenters. The number of nitrogens with one attached hydrogen (secondary N) is 2. The van der Waals surface area contributed by atoms with E-state index in [0.29, 0.717) is 49.3 Å². The Morgan fingerprint density at radius 3 is 1.84 bits per heavy atom. The molecule has 2 N–H and O–H groups in total. The molecule has 0 amide bonds. The van der Waals surface area contributed by atoms with E-state index in [1.165, 1.54) is 26.4 Å². The van der Waals surface area contributed by atoms with Crippen LogP contribution in [0, 0.1) is 0 Å². The molecule has 0 aliphatic rings. The Hall–Kier alpha value is -2.51. The highest BCUT2D eigenvalue weighted by molar-refractivity contribution is 14.1. The van der Waals surface area contributed by atoms with Crippen molar-refractivity contribution in [3.05, 3.63) is 59.7 Å². The predicted octanol–water partition coefficient (Wildman–Crippen LogP) is 5.27. The summed E-state index contributed by atoms with van der Waals surface area (Å²) in [5, 5.41) is 0. The fraction of sp³-hybridized carbons (Fsp3) is 0.280. The number of methoxy groups -OCH3 is 2. The Balaban J connectivity index is 1.91. The van der Waals surface area contributed by atoms with Gasteiger partial charge in [0, 0.05) is 24.9 Å². The Morgan fingerprint density at radius 1 is 0.865 bits per heavy atom. The monoisotopic (exact) mass is 663 g/mol. The molecule has 2 aromatic rings. The van der Waals surface area contributed by atoms with Gasteiger partial charge in [-0.2, -0.15) is 0 Å². The van der Waals surface area contributed by atoms with Crippen LogP contribution in [0.3, 0.4) is 0 Å². The van der Waals surface area contributed by atoms with Crippen molar-refractivity contribution in [2.75, 3.05) is 40.5 Å². The van der Waals surface area contributed by atoms with Crippen molar-refractivity contribution < 1.29 is 28.5 Å². The number of hydrogen-bond acceptors (Lipinski definition) is 8. The number of allylic oxidation sites excluding steroid dienone is 2. The normalized spacial score (nSPS) is 11.6. The second kappa shape index (κ2) is 17.9. The summed E-state index contributed by atoms with van der Waals surface area (Å²) in [6, 6.07) is 10.6. The second-order valence-corrected chi connectivity index (χ2v) is 9.94. The molecule has 200 valence electrons. The number of rotatable bonds is 17. The summed E-state index contributed by atoms with van der Waals surface area (Å²) in [6.45, 7) is 1.90. The van der Waals surface area contributed by atoms with Gasteiger partial charge in [-0.1, -0.05) is 24.3 Å². The maximum absolute atomic E-state index is 12.3. The van der Waals surface area contributed by atoms with E-state index in [1.54, 1.807) is 48.6 Å². The van der Waals surface area contributed by atoms with Gasteiger partial charge in [0.2, 0.25) is 0 Å². The van der Waals surface area contributed by atoms with Crippen LogP contribution in [-0.2, 0) is 9.59 Å². The van der Waals surface area contributed by atoms with E-state index in [4.69, 9.17) is 42.5 Å². The zero-order valence-electron chi connectivity index (χ0n) is 20.3. The number of halogens is 3. The molecule has 0 fully saturated rings. The smallest absolute Gasteiger partial charge is 0.163 e. The molecule has 0 heterocycles. The van der Waals surface area contributed by atoms with Crippen LogP contribution >= 0.6 is 44.9 Å². The van der Waals surface area contributed by atoms with E-state index >= 15 is 0 Å². The molecule has 2 rings (SSSR count). The van der Waals surface area contributed by atoms with Gasteiger partial charge in [0.05, 0.1) is 41.9 Å². The van der Waals surface area contributed by atoms with Crippen molar-refractivity contribution in [2.45, 2.75) is 6.42 Å². The molecule has 2 aromatic carbocycles. The van der Waals surface area contributed by atoms with Crippen LogP contribution in [0.25, 0.3) is 12.2 Å². The standard InChI is InChI=1S/C25H28Cl2IN3O6/c1-34-24-15-18(5-9-22(24)36-13-11-29-26)3-7-20(32)17-21(33)8-4-19-6-10-23(25(16-19)35-2)37-14-12-30-28-31-27/h3-10,15-16,29H,11-14,17H2,1-2H3,(H,30,31)/b7-3+,8-4+. The van der Waals surface area contributed by atoms with Crippen molar-refractivity contribution in [3.63, 3.8) is 0 Å². The van der Waals surface area contributed by atoms with Crippen LogP contribution in [0.4, 0.5) is 0 Å². The van der Waals surface area contributed by atoms with Gasteiger partial charge < -0.3 is 18.9 Å². The van der Waals surface area contributed by atoms with Crippen LogP contribution in [-0.4, -0.2) is 52.1 Å². The van der Waals surface area contributed by atoms with Gasteiger partial charge in [-0.3, -0.25) is 9.59 Å². The third kappa shape index (κ3) is 11.6. The van der Waals surface area contributed by atoms with E-state index in [-0.39, 0.29) is 18.0 Å². The van der Waals surface area contributed by atoms with Gasteiger partial charge >= 0.3 is 0 Å². The minimum absolute atomic E-state index is 0.251. The summed E-state index contributed by atoms with van der Waals surface area (Å²) in [5.74, 6) is 1.57. The molecule has 12 heteroatoms. The topological polar surface area (TPSA) is 107 Å². The van der Waals surface area contributed by atoms with Gasteiger partial charge in [0.1, 0.15) is 13.2 Å². The zero-order chi connectivity index (χ0) is 26.9. The van der Waals surface area contributed by atoms with Crippen molar-refractivity contribution >= 4 is 68.6 Å². The Morgan fingerprint density at radius 2 is 1.38 bits per heavy atom. The molecular formula is C25H28Cl2IN3O6. The zero-order valence-corrected chi connectivity index (χ0v) is 24.0. The third-order valence-corrected chi connectivity index (χ3v) is 6.33. The first-order valence-corrected chi connectivity index (χ1v) is 13.8. The van der Waals surface area contributed by atoms with Crippen molar-refractivity contribution in [3.8, 4) is 23.0 Å². The average Bonchev–Trinajstić information content (AvgIpc) is 2.91. The Kier molecular flexibility index (Phi) is 14.8. The van der Waals surface area contributed by atoms with E-state index < -0.39 is 21.3 Å². The lowest BCUT2D eigenvalue weighted by Crippen LogP contribution is -2.12. The van der Waals surface area contributed by atoms with Crippen molar-refractivity contribution in [2.24, 2.45) is 2.66 Å². The van der Waals surface area contributed by atoms with Crippen molar-refractivity contribution in [1.82, 2.24) is 8.37 Å². The van der Waals surface area contributed by atoms with Gasteiger partial charge in [-0.05, 0) is 59.3 Å². The van der Waals surface area contributed by atoms with Crippen LogP contribution in [0.2, 0.25) is 0 Å². The fourth-order valence-electron chi connectivity index (χ4n) is 2.95. The SMILES string of the molecule is COc1cc(/C=C/C(=O)CC(=O)/C=C/c2ccc(OCCNI=NCl)c(OC)c2)ccc1OCCNCl. The lowest BCUT2D eigenvalue weighted by Gasteiger charge is -2.11. The highest BCUT2D eigenvalue weighted by Crippen LogP contribution is 2.29. The summed E-state index contributed by atoms with van der Waals surface area (Å²) >= 11 is 10.2. The average molecular weight is 664 g/mol. The van der Waals surface area contributed by atoms with E-state index in [9.17, 15) is 9.59 Å². The summed E-state index contributed by atoms with van der Waals surface area (Å²) in [6.07, 6.45) is 5.74. The first-order chi connectivity index (χ1) is 18.0. The summed E-state index contributed by atoms with van der Waals surface area (Å²) in [4.78, 5) is 27.0. The van der Waals surface area contributed by atoms with Gasteiger partial charge in [0.15, 0.2) is 34.6 Å². The predicted molar refractivity (Wildman–Crippen MR) is 154 cm³/mol. The molecule has 9 nitrogen and oxygen atoms in total. The summed E-state index contributed by atoms with van der Waals surface area (Å²) in [5.41, 5.74) is 1.47. The van der Waals surface area contributed by atoms with Crippen molar-refractivity contribution in [1.29, 1.82) is 0 Å². The number of ether oxygens (including phenoxy) is 4. The molecule has 0 spiro atoms. The molecule has 0 radical (unpaired) electrons. The number of carbonyl (C=O) groups is 2. The number of ketones is 2. The van der Waals surface area contributed by atoms with Crippen LogP contribution in [0.15, 0.2) is 51.2 Å². The maximum atomic E-state index is 12.3. The quantitative estimate of drug-likeness (QED) is 0.0775. The molecule has 37 heavy (non-hydrogen) atoms. The Bertz CT molecular complexity index is 1130.